The molecule has 3 aromatic rings. The summed E-state index contributed by atoms with van der Waals surface area (Å²) < 4.78 is 172. The molecule has 19 heteroatoms. The summed E-state index contributed by atoms with van der Waals surface area (Å²) >= 11 is 5.72. The Hall–Kier alpha value is -3.18. The Morgan fingerprint density at radius 2 is 1.42 bits per heavy atom. The van der Waals surface area contributed by atoms with E-state index >= 15 is 0 Å². The zero-order chi connectivity index (χ0) is 27.6. The van der Waals surface area contributed by atoms with Crippen LogP contribution in [0.2, 0.25) is 5.02 Å². The largest absolute Gasteiger partial charge is 0.460 e. The molecule has 0 atom stereocenters. The molecule has 0 aliphatic rings. The third-order valence-electron chi connectivity index (χ3n) is 4.61. The first kappa shape index (κ1) is 27.4. The van der Waals surface area contributed by atoms with Gasteiger partial charge in [-0.05, 0) is 24.3 Å². The zero-order valence-corrected chi connectivity index (χ0v) is 17.1. The number of hydrogen-bond donors (Lipinski definition) is 1. The number of alkyl halides is 13. The fourth-order valence-corrected chi connectivity index (χ4v) is 3.18. The Labute approximate surface area is 194 Å². The van der Waals surface area contributed by atoms with Gasteiger partial charge in [-0.3, -0.25) is 0 Å². The number of rotatable bonds is 4. The molecule has 0 amide bonds. The number of hydrogen-bond acceptors (Lipinski definition) is 4. The molecular weight excluding hydrogens is 557 g/mol. The Morgan fingerprint density at radius 3 is 1.86 bits per heavy atom. The molecule has 0 radical (unpaired) electrons. The van der Waals surface area contributed by atoms with Gasteiger partial charge in [0.1, 0.15) is 5.69 Å². The van der Waals surface area contributed by atoms with Gasteiger partial charge in [0.2, 0.25) is 0 Å². The number of benzene rings is 1. The highest BCUT2D eigenvalue weighted by Gasteiger charge is 2.74. The molecule has 3 rings (SSSR count). The van der Waals surface area contributed by atoms with Gasteiger partial charge >= 0.3 is 30.4 Å². The molecule has 0 aliphatic heterocycles. The molecule has 0 aliphatic carbocycles. The van der Waals surface area contributed by atoms with Crippen LogP contribution in [0.4, 0.5) is 62.9 Å². The Kier molecular flexibility index (Phi) is 6.22. The quantitative estimate of drug-likeness (QED) is 0.259. The van der Waals surface area contributed by atoms with Gasteiger partial charge in [0.05, 0.1) is 27.2 Å². The molecule has 196 valence electrons. The predicted molar refractivity (Wildman–Crippen MR) is 93.6 cm³/mol. The van der Waals surface area contributed by atoms with Gasteiger partial charge in [0.15, 0.2) is 11.5 Å². The number of pyridine rings is 1. The van der Waals surface area contributed by atoms with Crippen LogP contribution in [0.5, 0.6) is 0 Å². The van der Waals surface area contributed by atoms with Crippen molar-refractivity contribution < 1.29 is 57.1 Å². The minimum Gasteiger partial charge on any atom is -0.225 e. The summed E-state index contributed by atoms with van der Waals surface area (Å²) in [5.41, 5.74) is -1.37. The Morgan fingerprint density at radius 1 is 0.833 bits per heavy atom. The van der Waals surface area contributed by atoms with Crippen LogP contribution < -0.4 is 0 Å². The fraction of sp³-hybridized carbons (Fsp3) is 0.294. The summed E-state index contributed by atoms with van der Waals surface area (Å²) in [5.74, 6) is -14.4. The van der Waals surface area contributed by atoms with E-state index in [0.29, 0.717) is 18.2 Å². The van der Waals surface area contributed by atoms with Crippen LogP contribution in [-0.4, -0.2) is 26.9 Å². The number of halogens is 14. The van der Waals surface area contributed by atoms with Crippen molar-refractivity contribution in [2.75, 3.05) is 0 Å². The first-order valence-electron chi connectivity index (χ1n) is 8.73. The minimum absolute atomic E-state index is 0.159. The third kappa shape index (κ3) is 4.30. The molecule has 0 spiro atoms. The van der Waals surface area contributed by atoms with Gasteiger partial charge in [-0.25, -0.2) is 15.2 Å². The summed E-state index contributed by atoms with van der Waals surface area (Å²) in [4.78, 5) is 2.71. The van der Waals surface area contributed by atoms with Crippen LogP contribution in [0.1, 0.15) is 16.8 Å². The molecule has 0 saturated carbocycles. The summed E-state index contributed by atoms with van der Waals surface area (Å²) in [6.45, 7) is 0. The molecule has 2 aromatic heterocycles. The monoisotopic (exact) mass is 561 g/mol. The summed E-state index contributed by atoms with van der Waals surface area (Å²) in [7, 11) is 0. The maximum Gasteiger partial charge on any atom is 0.460 e. The maximum absolute atomic E-state index is 14.1. The van der Waals surface area contributed by atoms with Gasteiger partial charge in [-0.2, -0.15) is 57.1 Å². The highest BCUT2D eigenvalue weighted by Crippen LogP contribution is 2.52. The van der Waals surface area contributed by atoms with Crippen molar-refractivity contribution in [3.05, 3.63) is 46.1 Å². The molecule has 0 fully saturated rings. The zero-order valence-electron chi connectivity index (χ0n) is 16.4. The average molecular weight is 562 g/mol. The van der Waals surface area contributed by atoms with E-state index in [0.717, 1.165) is 0 Å². The highest BCUT2D eigenvalue weighted by molar-refractivity contribution is 6.32. The van der Waals surface area contributed by atoms with Gasteiger partial charge in [0.25, 0.3) is 0 Å². The van der Waals surface area contributed by atoms with Crippen molar-refractivity contribution in [2.24, 2.45) is 5.11 Å². The topological polar surface area (TPSA) is 66.9 Å². The predicted octanol–water partition coefficient (Wildman–Crippen LogP) is 8.06. The van der Waals surface area contributed by atoms with Gasteiger partial charge in [-0.1, -0.05) is 11.6 Å². The molecule has 1 aromatic carbocycles. The summed E-state index contributed by atoms with van der Waals surface area (Å²) in [5, 5.41) is 3.74. The Bertz CT molecular complexity index is 1340. The second kappa shape index (κ2) is 8.17. The number of aromatic nitrogens is 3. The maximum atomic E-state index is 14.1. The molecule has 36 heavy (non-hydrogen) atoms. The SMILES string of the molecule is N=Nc1c2c(C(F)(F)F)cc(C(F)(F)C(F)(F)C(F)(F)F)nc2nn1-c1ccc(C(F)(F)F)cc1Cl. The van der Waals surface area contributed by atoms with Crippen LogP contribution in [0.3, 0.4) is 0 Å². The minimum atomic E-state index is -6.90. The molecular formula is C17H5ClF13N5. The van der Waals surface area contributed by atoms with Crippen LogP contribution >= 0.6 is 11.6 Å². The van der Waals surface area contributed by atoms with Crippen LogP contribution in [0.25, 0.3) is 16.7 Å². The smallest absolute Gasteiger partial charge is 0.225 e. The van der Waals surface area contributed by atoms with Crippen molar-refractivity contribution >= 4 is 28.5 Å². The summed E-state index contributed by atoms with van der Waals surface area (Å²) in [6, 6.07) is 0.421. The third-order valence-corrected chi connectivity index (χ3v) is 4.91. The van der Waals surface area contributed by atoms with Crippen LogP contribution in [-0.2, 0) is 18.3 Å². The fourth-order valence-electron chi connectivity index (χ4n) is 2.92. The standard InChI is InChI=1S/C17H5ClF13N5/c18-7-3-5(14(21,22)23)1-2-8(7)36-12(34-32)10-6(15(24,25)26)4-9(33-11(10)35-36)13(19,20)16(27,28)17(29,30)31/h1-4,32H. The second-order valence-corrected chi connectivity index (χ2v) is 7.32. The molecule has 0 bridgehead atoms. The molecule has 2 heterocycles. The first-order valence-corrected chi connectivity index (χ1v) is 9.10. The van der Waals surface area contributed by atoms with E-state index in [9.17, 15) is 57.1 Å². The average Bonchev–Trinajstić information content (AvgIpc) is 3.08. The summed E-state index contributed by atoms with van der Waals surface area (Å²) in [6.07, 6.45) is -17.5. The van der Waals surface area contributed by atoms with E-state index in [1.54, 1.807) is 0 Å². The highest BCUT2D eigenvalue weighted by atomic mass is 35.5. The lowest BCUT2D eigenvalue weighted by molar-refractivity contribution is -0.360. The van der Waals surface area contributed by atoms with Crippen LogP contribution in [0.15, 0.2) is 29.4 Å². The van der Waals surface area contributed by atoms with E-state index in [4.69, 9.17) is 17.1 Å². The molecule has 5 nitrogen and oxygen atoms in total. The normalized spacial score (nSPS) is 13.9. The lowest BCUT2D eigenvalue weighted by Crippen LogP contribution is -2.50. The molecule has 1 N–H and O–H groups in total. The van der Waals surface area contributed by atoms with Crippen LogP contribution in [0, 0.1) is 5.53 Å². The second-order valence-electron chi connectivity index (χ2n) is 6.91. The van der Waals surface area contributed by atoms with E-state index in [2.05, 4.69) is 15.2 Å². The van der Waals surface area contributed by atoms with Crippen molar-refractivity contribution in [3.8, 4) is 5.69 Å². The van der Waals surface area contributed by atoms with Crippen molar-refractivity contribution in [3.63, 3.8) is 0 Å². The lowest BCUT2D eigenvalue weighted by Gasteiger charge is -2.28. The van der Waals surface area contributed by atoms with E-state index in [-0.39, 0.29) is 4.68 Å². The number of nitrogens with zero attached hydrogens (tertiary/aromatic N) is 4. The van der Waals surface area contributed by atoms with Crippen molar-refractivity contribution in [2.45, 2.75) is 30.4 Å². The van der Waals surface area contributed by atoms with E-state index in [1.165, 1.54) is 0 Å². The van der Waals surface area contributed by atoms with E-state index < -0.39 is 80.8 Å². The molecule has 0 saturated heterocycles. The number of fused-ring (bicyclic) bond motifs is 1. The van der Waals surface area contributed by atoms with Crippen molar-refractivity contribution in [1.29, 1.82) is 5.53 Å². The van der Waals surface area contributed by atoms with Gasteiger partial charge in [0, 0.05) is 0 Å². The van der Waals surface area contributed by atoms with Gasteiger partial charge in [-0.15, -0.1) is 10.2 Å². The number of nitrogens with one attached hydrogen (secondary N) is 1. The first-order chi connectivity index (χ1) is 16.1. The van der Waals surface area contributed by atoms with Crippen molar-refractivity contribution in [1.82, 2.24) is 14.8 Å². The lowest BCUT2D eigenvalue weighted by atomic mass is 10.0. The van der Waals surface area contributed by atoms with E-state index in [1.807, 2.05) is 0 Å². The van der Waals surface area contributed by atoms with Gasteiger partial charge < -0.3 is 0 Å². The Balaban J connectivity index is 2.39. The molecule has 0 unspecified atom stereocenters.